The zero-order chi connectivity index (χ0) is 15.2. The van der Waals surface area contributed by atoms with Crippen molar-refractivity contribution in [3.63, 3.8) is 0 Å². The van der Waals surface area contributed by atoms with Crippen molar-refractivity contribution in [3.8, 4) is 0 Å². The number of hydrogen-bond acceptors (Lipinski definition) is 5. The molecule has 8 heteroatoms. The number of sulfonamides is 1. The van der Waals surface area contributed by atoms with Crippen molar-refractivity contribution in [2.24, 2.45) is 0 Å². The molecule has 0 saturated carbocycles. The van der Waals surface area contributed by atoms with Crippen molar-refractivity contribution in [2.75, 3.05) is 32.5 Å². The fraction of sp³-hybridized carbons (Fsp3) is 0.417. The van der Waals surface area contributed by atoms with Gasteiger partial charge in [0.2, 0.25) is 15.9 Å². The molecule has 1 aromatic rings. The fourth-order valence-electron chi connectivity index (χ4n) is 1.52. The minimum absolute atomic E-state index is 0.0715. The number of hydrogen-bond donors (Lipinski definition) is 3. The number of methoxy groups -OCH3 is 1. The summed E-state index contributed by atoms with van der Waals surface area (Å²) in [5, 5.41) is 2.52. The van der Waals surface area contributed by atoms with Gasteiger partial charge in [0.1, 0.15) is 0 Å². The molecule has 0 spiro atoms. The first kappa shape index (κ1) is 16.4. The SMILES string of the molecule is COCCNC(=O)CNS(=O)(=O)c1cccc(N)c1C. The van der Waals surface area contributed by atoms with E-state index in [-0.39, 0.29) is 11.4 Å². The van der Waals surface area contributed by atoms with Crippen molar-refractivity contribution >= 4 is 21.6 Å². The summed E-state index contributed by atoms with van der Waals surface area (Å²) in [6.07, 6.45) is 0. The van der Waals surface area contributed by atoms with Crippen LogP contribution in [0.1, 0.15) is 5.56 Å². The molecule has 0 atom stereocenters. The van der Waals surface area contributed by atoms with Crippen LogP contribution in [0.3, 0.4) is 0 Å². The zero-order valence-electron chi connectivity index (χ0n) is 11.5. The first-order valence-corrected chi connectivity index (χ1v) is 7.47. The number of amides is 1. The van der Waals surface area contributed by atoms with E-state index < -0.39 is 15.9 Å². The van der Waals surface area contributed by atoms with Crippen molar-refractivity contribution in [1.82, 2.24) is 10.0 Å². The molecule has 4 N–H and O–H groups in total. The van der Waals surface area contributed by atoms with Gasteiger partial charge in [0.25, 0.3) is 0 Å². The van der Waals surface area contributed by atoms with Crippen LogP contribution in [-0.2, 0) is 19.6 Å². The molecule has 0 fully saturated rings. The molecule has 0 heterocycles. The molecule has 0 aliphatic carbocycles. The van der Waals surface area contributed by atoms with E-state index in [0.29, 0.717) is 24.4 Å². The molecule has 1 amide bonds. The molecular weight excluding hydrogens is 282 g/mol. The Kier molecular flexibility index (Phi) is 5.93. The van der Waals surface area contributed by atoms with E-state index in [1.54, 1.807) is 19.1 Å². The average Bonchev–Trinajstić information content (AvgIpc) is 2.40. The number of nitrogen functional groups attached to an aromatic ring is 1. The highest BCUT2D eigenvalue weighted by Crippen LogP contribution is 2.19. The molecule has 7 nitrogen and oxygen atoms in total. The third kappa shape index (κ3) is 4.48. The lowest BCUT2D eigenvalue weighted by atomic mass is 10.2. The molecule has 0 aliphatic rings. The largest absolute Gasteiger partial charge is 0.398 e. The standard InChI is InChI=1S/C12H19N3O4S/c1-9-10(13)4-3-5-11(9)20(17,18)15-8-12(16)14-6-7-19-2/h3-5,15H,6-8,13H2,1-2H3,(H,14,16). The molecular formula is C12H19N3O4S. The molecule has 0 saturated heterocycles. The highest BCUT2D eigenvalue weighted by Gasteiger charge is 2.18. The lowest BCUT2D eigenvalue weighted by Crippen LogP contribution is -2.38. The predicted molar refractivity (Wildman–Crippen MR) is 75.7 cm³/mol. The van der Waals surface area contributed by atoms with Gasteiger partial charge in [-0.3, -0.25) is 4.79 Å². The molecule has 1 aromatic carbocycles. The van der Waals surface area contributed by atoms with Crippen LogP contribution >= 0.6 is 0 Å². The molecule has 1 rings (SSSR count). The van der Waals surface area contributed by atoms with E-state index in [9.17, 15) is 13.2 Å². The Labute approximate surface area is 118 Å². The first-order chi connectivity index (χ1) is 9.38. The number of nitrogens with one attached hydrogen (secondary N) is 2. The summed E-state index contributed by atoms with van der Waals surface area (Å²) >= 11 is 0. The summed E-state index contributed by atoms with van der Waals surface area (Å²) in [4.78, 5) is 11.5. The maximum Gasteiger partial charge on any atom is 0.241 e. The van der Waals surface area contributed by atoms with Gasteiger partial charge in [0.15, 0.2) is 0 Å². The summed E-state index contributed by atoms with van der Waals surface area (Å²) in [5.74, 6) is -0.424. The van der Waals surface area contributed by atoms with E-state index in [1.807, 2.05) is 0 Å². The smallest absolute Gasteiger partial charge is 0.241 e. The van der Waals surface area contributed by atoms with Crippen molar-refractivity contribution < 1.29 is 17.9 Å². The van der Waals surface area contributed by atoms with Crippen LogP contribution in [0, 0.1) is 6.92 Å². The Morgan fingerprint density at radius 2 is 2.10 bits per heavy atom. The second-order valence-electron chi connectivity index (χ2n) is 4.14. The molecule has 112 valence electrons. The average molecular weight is 301 g/mol. The maximum atomic E-state index is 12.1. The van der Waals surface area contributed by atoms with Crippen molar-refractivity contribution in [3.05, 3.63) is 23.8 Å². The maximum absolute atomic E-state index is 12.1. The van der Waals surface area contributed by atoms with Crippen molar-refractivity contribution in [2.45, 2.75) is 11.8 Å². The molecule has 20 heavy (non-hydrogen) atoms. The van der Waals surface area contributed by atoms with Crippen LogP contribution in [-0.4, -0.2) is 41.1 Å². The summed E-state index contributed by atoms with van der Waals surface area (Å²) < 4.78 is 31.1. The topological polar surface area (TPSA) is 111 Å². The summed E-state index contributed by atoms with van der Waals surface area (Å²) in [6.45, 7) is 1.98. The van der Waals surface area contributed by atoms with Gasteiger partial charge < -0.3 is 15.8 Å². The number of benzene rings is 1. The predicted octanol–water partition coefficient (Wildman–Crippen LogP) is -0.382. The molecule has 0 aliphatic heterocycles. The molecule has 0 aromatic heterocycles. The van der Waals surface area contributed by atoms with Crippen LogP contribution in [0.5, 0.6) is 0 Å². The third-order valence-corrected chi connectivity index (χ3v) is 4.21. The van der Waals surface area contributed by atoms with E-state index >= 15 is 0 Å². The second-order valence-corrected chi connectivity index (χ2v) is 5.87. The van der Waals surface area contributed by atoms with Crippen LogP contribution in [0.2, 0.25) is 0 Å². The molecule has 0 unspecified atom stereocenters. The summed E-state index contributed by atoms with van der Waals surface area (Å²) in [6, 6.07) is 4.61. The Hall–Kier alpha value is -1.64. The van der Waals surface area contributed by atoms with Gasteiger partial charge in [-0.05, 0) is 24.6 Å². The van der Waals surface area contributed by atoms with Gasteiger partial charge in [-0.25, -0.2) is 13.1 Å². The van der Waals surface area contributed by atoms with E-state index in [1.165, 1.54) is 13.2 Å². The van der Waals surface area contributed by atoms with Gasteiger partial charge in [0.05, 0.1) is 18.0 Å². The minimum Gasteiger partial charge on any atom is -0.398 e. The minimum atomic E-state index is -3.76. The number of carbonyl (C=O) groups excluding carboxylic acids is 1. The zero-order valence-corrected chi connectivity index (χ0v) is 12.3. The highest BCUT2D eigenvalue weighted by atomic mass is 32.2. The van der Waals surface area contributed by atoms with Gasteiger partial charge in [0, 0.05) is 19.3 Å². The van der Waals surface area contributed by atoms with Crippen LogP contribution in [0.4, 0.5) is 5.69 Å². The lowest BCUT2D eigenvalue weighted by molar-refractivity contribution is -0.120. The van der Waals surface area contributed by atoms with Crippen LogP contribution in [0.15, 0.2) is 23.1 Å². The first-order valence-electron chi connectivity index (χ1n) is 5.99. The Bertz CT molecular complexity index is 572. The third-order valence-electron chi connectivity index (χ3n) is 2.67. The van der Waals surface area contributed by atoms with E-state index in [4.69, 9.17) is 10.5 Å². The second kappa shape index (κ2) is 7.22. The van der Waals surface area contributed by atoms with Gasteiger partial charge in [-0.1, -0.05) is 6.07 Å². The summed E-state index contributed by atoms with van der Waals surface area (Å²) in [5.41, 5.74) is 6.51. The Morgan fingerprint density at radius 1 is 1.40 bits per heavy atom. The quantitative estimate of drug-likeness (QED) is 0.469. The monoisotopic (exact) mass is 301 g/mol. The number of carbonyl (C=O) groups is 1. The van der Waals surface area contributed by atoms with Crippen LogP contribution < -0.4 is 15.8 Å². The van der Waals surface area contributed by atoms with Gasteiger partial charge in [-0.2, -0.15) is 0 Å². The fourth-order valence-corrected chi connectivity index (χ4v) is 2.77. The lowest BCUT2D eigenvalue weighted by Gasteiger charge is -2.10. The highest BCUT2D eigenvalue weighted by molar-refractivity contribution is 7.89. The number of anilines is 1. The van der Waals surface area contributed by atoms with E-state index in [2.05, 4.69) is 10.0 Å². The Morgan fingerprint density at radius 3 is 2.75 bits per heavy atom. The Balaban J connectivity index is 2.67. The van der Waals surface area contributed by atoms with Crippen molar-refractivity contribution in [1.29, 1.82) is 0 Å². The number of nitrogens with two attached hydrogens (primary N) is 1. The normalized spacial score (nSPS) is 11.3. The number of rotatable bonds is 7. The molecule has 0 radical (unpaired) electrons. The molecule has 0 bridgehead atoms. The van der Waals surface area contributed by atoms with E-state index in [0.717, 1.165) is 0 Å². The van der Waals surface area contributed by atoms with Gasteiger partial charge >= 0.3 is 0 Å². The summed E-state index contributed by atoms with van der Waals surface area (Å²) in [7, 11) is -2.25. The van der Waals surface area contributed by atoms with Crippen LogP contribution in [0.25, 0.3) is 0 Å². The van der Waals surface area contributed by atoms with Gasteiger partial charge in [-0.15, -0.1) is 0 Å². The number of ether oxygens (including phenoxy) is 1.